The molecule has 0 spiro atoms. The highest BCUT2D eigenvalue weighted by Crippen LogP contribution is 2.67. The predicted octanol–water partition coefficient (Wildman–Crippen LogP) is 15.8. The lowest BCUT2D eigenvalue weighted by Crippen LogP contribution is -2.53. The molecule has 10 atom stereocenters. The molecule has 0 radical (unpaired) electrons. The highest BCUT2D eigenvalue weighted by atomic mass is 16.7. The van der Waals surface area contributed by atoms with E-state index in [1.807, 2.05) is 78.9 Å². The molecule has 3 fully saturated rings. The molecule has 532 valence electrons. The van der Waals surface area contributed by atoms with Crippen molar-refractivity contribution in [1.29, 1.82) is 0 Å². The van der Waals surface area contributed by atoms with E-state index in [1.165, 1.54) is 82.1 Å². The molecule has 6 aromatic rings. The Hall–Kier alpha value is -8.67. The van der Waals surface area contributed by atoms with Gasteiger partial charge in [-0.1, -0.05) is 181 Å². The second-order valence-electron chi connectivity index (χ2n) is 29.3. The van der Waals surface area contributed by atoms with Gasteiger partial charge in [0, 0.05) is 50.2 Å². The van der Waals surface area contributed by atoms with Gasteiger partial charge in [-0.3, -0.25) is 24.5 Å². The average molecular weight is 1360 g/mol. The van der Waals surface area contributed by atoms with Gasteiger partial charge >= 0.3 is 11.8 Å². The van der Waals surface area contributed by atoms with E-state index in [9.17, 15) is 28.9 Å². The standard InChI is InChI=1S/C83H104N6O11/c1-57(2)20-18-21-58(3)71-43-44-72-70-42-33-64-55-69(47-49-81(64,4)73(70)48-50-82(71,72)5)98-53-19-51-84-76(90)45-46-77(91)87-75(54-59-22-10-7-11-23-59)79(93)88-74(78(92)86-65-34-29-60(30-35-65)56-99-80(94)100-68-40-36-66(37-41-68)89(95)96)28-16-17-52-85-83(61-24-12-8-13-25-61,62-26-14-9-15-27-62)63-31-38-67(97-6)39-32-63/h7-15,22-27,29-41,57-58,69-75,85H,16-21,28,42-56H2,1-6H3,(H4-,84,86,87,88,90,91,92,93,95,96)/p+1/t58-,69+,70?,71-,72+,73+,74-,75-,81+,82-/m1/s1. The van der Waals surface area contributed by atoms with Crippen LogP contribution in [0.3, 0.4) is 0 Å². The maximum atomic E-state index is 14.7. The number of anilines is 1. The molecule has 0 aromatic heterocycles. The third-order valence-electron chi connectivity index (χ3n) is 22.5. The van der Waals surface area contributed by atoms with Crippen molar-refractivity contribution in [3.63, 3.8) is 0 Å². The summed E-state index contributed by atoms with van der Waals surface area (Å²) in [5.41, 5.74) is 6.36. The van der Waals surface area contributed by atoms with Crippen molar-refractivity contribution in [1.82, 2.24) is 21.3 Å². The second kappa shape index (κ2) is 35.1. The van der Waals surface area contributed by atoms with Gasteiger partial charge in [-0.25, -0.2) is 10.0 Å². The van der Waals surface area contributed by atoms with Crippen LogP contribution in [0, 0.1) is 51.2 Å². The van der Waals surface area contributed by atoms with E-state index in [2.05, 4.69) is 104 Å². The van der Waals surface area contributed by atoms with Gasteiger partial charge in [0.15, 0.2) is 0 Å². The number of benzene rings is 6. The molecule has 0 aliphatic heterocycles. The zero-order valence-electron chi connectivity index (χ0n) is 59.4. The number of allylic oxidation sites excluding steroid dienone is 1. The maximum Gasteiger partial charge on any atom is 0.514 e. The third kappa shape index (κ3) is 18.8. The number of rotatable bonds is 34. The number of carbonyl (C=O) groups is 5. The Morgan fingerprint density at radius 2 is 1.29 bits per heavy atom. The van der Waals surface area contributed by atoms with Crippen molar-refractivity contribution < 1.29 is 53.1 Å². The van der Waals surface area contributed by atoms with Gasteiger partial charge in [0.2, 0.25) is 23.6 Å². The molecule has 0 bridgehead atoms. The number of fused-ring (bicyclic) bond motifs is 5. The molecular formula is C83H105N6O11+. The molecule has 4 amide bonds. The molecule has 0 saturated heterocycles. The SMILES string of the molecule is COc1ccc(C(NCCCC[C@@H](NC(=O)[C@@H](Cc2ccccc2)NC(=O)CCC(=O)NCCCO[C@H]2CC[C@@]3(C)C(=CCC4[C@@H]5CC[C@H]([C@H](C)CCCC(C)C)[C@@]5(C)CC[C@@H]43)C2)C(=O)Nc2ccc(COC(=O)Oc3ccc([N+](=O)O)cc3)cc2)(c2ccccc2)c2ccccc2)cc1. The highest BCUT2D eigenvalue weighted by Gasteiger charge is 2.59. The average Bonchev–Trinajstić information content (AvgIpc) is 1.40. The molecule has 3 saturated carbocycles. The monoisotopic (exact) mass is 1360 g/mol. The minimum Gasteiger partial charge on any atom is -0.497 e. The van der Waals surface area contributed by atoms with Crippen molar-refractivity contribution in [3.05, 3.63) is 208 Å². The minimum atomic E-state index is -1.09. The Labute approximate surface area is 591 Å². The summed E-state index contributed by atoms with van der Waals surface area (Å²) in [6.45, 7) is 13.8. The zero-order valence-corrected chi connectivity index (χ0v) is 59.4. The van der Waals surface area contributed by atoms with E-state index in [0.29, 0.717) is 55.6 Å². The fourth-order valence-electron chi connectivity index (χ4n) is 17.1. The topological polar surface area (TPSA) is 223 Å². The number of carbonyl (C=O) groups excluding carboxylic acids is 5. The largest absolute Gasteiger partial charge is 0.514 e. The molecule has 10 rings (SSSR count). The third-order valence-corrected chi connectivity index (χ3v) is 22.5. The lowest BCUT2D eigenvalue weighted by molar-refractivity contribution is -0.729. The molecular weight excluding hydrogens is 1260 g/mol. The Bertz CT molecular complexity index is 3650. The summed E-state index contributed by atoms with van der Waals surface area (Å²) in [6, 6.07) is 47.5. The quantitative estimate of drug-likeness (QED) is 0.00555. The fraction of sp³-hybridized carbons (Fsp3) is 0.482. The van der Waals surface area contributed by atoms with Crippen LogP contribution in [0.5, 0.6) is 11.5 Å². The van der Waals surface area contributed by atoms with Gasteiger partial charge in [-0.2, -0.15) is 0 Å². The molecule has 17 heteroatoms. The molecule has 100 heavy (non-hydrogen) atoms. The summed E-state index contributed by atoms with van der Waals surface area (Å²) in [7, 11) is 1.64. The van der Waals surface area contributed by atoms with Crippen LogP contribution in [0.15, 0.2) is 175 Å². The number of hydrogen-bond acceptors (Lipinski definition) is 11. The van der Waals surface area contributed by atoms with Gasteiger partial charge in [0.1, 0.15) is 30.2 Å². The summed E-state index contributed by atoms with van der Waals surface area (Å²) in [6.07, 6.45) is 17.7. The van der Waals surface area contributed by atoms with E-state index < -0.39 is 41.5 Å². The van der Waals surface area contributed by atoms with Crippen LogP contribution in [-0.2, 0) is 47.2 Å². The van der Waals surface area contributed by atoms with Gasteiger partial charge in [0.25, 0.3) is 4.92 Å². The smallest absolute Gasteiger partial charge is 0.497 e. The summed E-state index contributed by atoms with van der Waals surface area (Å²) >= 11 is 0. The van der Waals surface area contributed by atoms with Crippen LogP contribution >= 0.6 is 0 Å². The second-order valence-corrected chi connectivity index (χ2v) is 29.3. The first-order valence-corrected chi connectivity index (χ1v) is 36.6. The van der Waals surface area contributed by atoms with Gasteiger partial charge in [-0.15, -0.1) is 0 Å². The predicted molar refractivity (Wildman–Crippen MR) is 389 cm³/mol. The molecule has 4 aliphatic rings. The first-order chi connectivity index (χ1) is 48.3. The Kier molecular flexibility index (Phi) is 26.0. The van der Waals surface area contributed by atoms with E-state index in [-0.39, 0.29) is 66.1 Å². The number of hydrogen-bond donors (Lipinski definition) is 6. The number of nitrogens with zero attached hydrogens (tertiary/aromatic N) is 1. The van der Waals surface area contributed by atoms with Crippen molar-refractivity contribution in [2.45, 2.75) is 181 Å². The molecule has 0 heterocycles. The number of ether oxygens (including phenoxy) is 4. The summed E-state index contributed by atoms with van der Waals surface area (Å²) in [5.74, 6) is 3.85. The van der Waals surface area contributed by atoms with Crippen LogP contribution in [0.4, 0.5) is 16.2 Å². The molecule has 4 aliphatic carbocycles. The van der Waals surface area contributed by atoms with Crippen LogP contribution in [0.1, 0.15) is 172 Å². The first-order valence-electron chi connectivity index (χ1n) is 36.6. The molecule has 17 nitrogen and oxygen atoms in total. The van der Waals surface area contributed by atoms with Crippen LogP contribution in [0.25, 0.3) is 0 Å². The Morgan fingerprint density at radius 3 is 1.96 bits per heavy atom. The Balaban J connectivity index is 0.735. The van der Waals surface area contributed by atoms with Crippen LogP contribution in [-0.4, -0.2) is 84.9 Å². The van der Waals surface area contributed by atoms with E-state index in [4.69, 9.17) is 24.2 Å². The van der Waals surface area contributed by atoms with Gasteiger partial charge < -0.3 is 40.2 Å². The van der Waals surface area contributed by atoms with E-state index >= 15 is 0 Å². The summed E-state index contributed by atoms with van der Waals surface area (Å²) < 4.78 is 22.6. The van der Waals surface area contributed by atoms with E-state index in [0.717, 1.165) is 76.4 Å². The van der Waals surface area contributed by atoms with Gasteiger partial charge in [-0.05, 0) is 194 Å². The normalized spacial score (nSPS) is 21.7. The van der Waals surface area contributed by atoms with Crippen LogP contribution in [0.2, 0.25) is 0 Å². The summed E-state index contributed by atoms with van der Waals surface area (Å²) in [5, 5.41) is 24.9. The van der Waals surface area contributed by atoms with Crippen molar-refractivity contribution in [2.24, 2.45) is 46.3 Å². The fourth-order valence-corrected chi connectivity index (χ4v) is 17.1. The Morgan fingerprint density at radius 1 is 0.630 bits per heavy atom. The number of amides is 4. The first kappa shape index (κ1) is 74.0. The van der Waals surface area contributed by atoms with Crippen molar-refractivity contribution >= 4 is 41.2 Å². The molecule has 6 N–H and O–H groups in total. The lowest BCUT2D eigenvalue weighted by Gasteiger charge is -2.58. The zero-order chi connectivity index (χ0) is 70.7. The van der Waals surface area contributed by atoms with Gasteiger partial charge in [0.05, 0.1) is 23.7 Å². The number of unbranched alkanes of at least 4 members (excludes halogenated alkanes) is 1. The maximum absolute atomic E-state index is 14.7. The molecule has 1 unspecified atom stereocenters. The van der Waals surface area contributed by atoms with Crippen molar-refractivity contribution in [3.8, 4) is 11.5 Å². The number of methoxy groups -OCH3 is 1. The van der Waals surface area contributed by atoms with Crippen molar-refractivity contribution in [2.75, 3.05) is 32.1 Å². The number of nitrogens with one attached hydrogen (secondary N) is 5. The molecule has 6 aromatic carbocycles. The van der Waals surface area contributed by atoms with E-state index in [1.54, 1.807) is 36.9 Å². The van der Waals surface area contributed by atoms with Crippen LogP contribution < -0.4 is 36.1 Å². The minimum absolute atomic E-state index is 0.0432. The lowest BCUT2D eigenvalue weighted by atomic mass is 9.47. The highest BCUT2D eigenvalue weighted by molar-refractivity contribution is 5.98. The summed E-state index contributed by atoms with van der Waals surface area (Å²) in [4.78, 5) is 79.9.